The van der Waals surface area contributed by atoms with Gasteiger partial charge < -0.3 is 23.7 Å². The fourth-order valence-electron chi connectivity index (χ4n) is 4.69. The van der Waals surface area contributed by atoms with Crippen molar-refractivity contribution < 1.29 is 33.3 Å². The van der Waals surface area contributed by atoms with Crippen LogP contribution in [0.4, 0.5) is 16.4 Å². The van der Waals surface area contributed by atoms with E-state index in [-0.39, 0.29) is 30.9 Å². The molecule has 0 aromatic carbocycles. The molecule has 4 aliphatic rings. The van der Waals surface area contributed by atoms with Crippen molar-refractivity contribution in [1.82, 2.24) is 9.97 Å². The van der Waals surface area contributed by atoms with Gasteiger partial charge in [0.25, 0.3) is 11.8 Å². The predicted molar refractivity (Wildman–Crippen MR) is 124 cm³/mol. The van der Waals surface area contributed by atoms with Gasteiger partial charge in [0.1, 0.15) is 12.3 Å². The van der Waals surface area contributed by atoms with Gasteiger partial charge in [0.05, 0.1) is 26.0 Å². The molecule has 1 aromatic rings. The van der Waals surface area contributed by atoms with Crippen molar-refractivity contribution in [3.8, 4) is 5.88 Å². The molecule has 2 saturated heterocycles. The smallest absolute Gasteiger partial charge is 0.416 e. The number of aromatic nitrogens is 2. The molecule has 186 valence electrons. The number of nitrogens with zero attached hydrogens (tertiary/aromatic N) is 4. The fourth-order valence-corrected chi connectivity index (χ4v) is 5.45. The molecule has 34 heavy (non-hydrogen) atoms. The summed E-state index contributed by atoms with van der Waals surface area (Å²) in [4.78, 5) is 37.2. The lowest BCUT2D eigenvalue weighted by Crippen LogP contribution is -2.46. The minimum atomic E-state index is -1.25. The molecule has 1 saturated carbocycles. The number of hydrogen-bond acceptors (Lipinski definition) is 9. The summed E-state index contributed by atoms with van der Waals surface area (Å²) >= 11 is 0. The van der Waals surface area contributed by atoms with Gasteiger partial charge in [-0.2, -0.15) is 0 Å². The van der Waals surface area contributed by atoms with Crippen molar-refractivity contribution in [2.24, 2.45) is 0 Å². The number of rotatable bonds is 6. The Balaban J connectivity index is 1.29. The molecule has 12 heteroatoms. The minimum Gasteiger partial charge on any atom is -0.465 e. The molecule has 0 N–H and O–H groups in total. The third kappa shape index (κ3) is 4.63. The maximum atomic E-state index is 12.8. The summed E-state index contributed by atoms with van der Waals surface area (Å²) in [7, 11) is -1.25. The van der Waals surface area contributed by atoms with Crippen LogP contribution in [-0.2, 0) is 23.7 Å². The number of amides is 2. The van der Waals surface area contributed by atoms with Crippen LogP contribution in [0.5, 0.6) is 5.88 Å². The number of anilines is 2. The van der Waals surface area contributed by atoms with Crippen LogP contribution in [0.3, 0.4) is 0 Å². The molecule has 2 spiro atoms. The maximum Gasteiger partial charge on any atom is 0.416 e. The minimum absolute atomic E-state index is 0.0638. The highest BCUT2D eigenvalue weighted by atomic mass is 28.3. The van der Waals surface area contributed by atoms with E-state index < -0.39 is 25.6 Å². The second-order valence-corrected chi connectivity index (χ2v) is 16.2. The summed E-state index contributed by atoms with van der Waals surface area (Å²) in [5, 5.41) is 0. The van der Waals surface area contributed by atoms with E-state index in [1.165, 1.54) is 16.0 Å². The van der Waals surface area contributed by atoms with Crippen molar-refractivity contribution in [3.05, 3.63) is 6.20 Å². The van der Waals surface area contributed by atoms with Crippen LogP contribution in [0, 0.1) is 0 Å². The molecular weight excluding hydrogens is 460 g/mol. The van der Waals surface area contributed by atoms with Crippen LogP contribution in [0.1, 0.15) is 25.7 Å². The van der Waals surface area contributed by atoms with Crippen molar-refractivity contribution >= 4 is 31.7 Å². The van der Waals surface area contributed by atoms with Gasteiger partial charge >= 0.3 is 6.09 Å². The first-order valence-corrected chi connectivity index (χ1v) is 15.5. The number of ether oxygens (including phenoxy) is 5. The SMILES string of the molecule is C[Si](C)(C)CCOCN1C(=O)COc2ncc(N3CC4(CCC5(CC4)OCCO5)OC3=O)nc21. The highest BCUT2D eigenvalue weighted by molar-refractivity contribution is 6.76. The molecule has 4 heterocycles. The fraction of sp³-hybridized carbons (Fsp3) is 0.727. The van der Waals surface area contributed by atoms with Crippen LogP contribution in [0.15, 0.2) is 6.20 Å². The molecule has 0 atom stereocenters. The Morgan fingerprint density at radius 2 is 1.85 bits per heavy atom. The molecule has 1 aliphatic carbocycles. The average Bonchev–Trinajstić information content (AvgIpc) is 3.38. The zero-order valence-electron chi connectivity index (χ0n) is 20.0. The van der Waals surface area contributed by atoms with Gasteiger partial charge in [0.15, 0.2) is 18.2 Å². The van der Waals surface area contributed by atoms with E-state index in [9.17, 15) is 9.59 Å². The van der Waals surface area contributed by atoms with Gasteiger partial charge in [0, 0.05) is 27.5 Å². The van der Waals surface area contributed by atoms with Gasteiger partial charge in [-0.25, -0.2) is 14.8 Å². The molecule has 3 fully saturated rings. The lowest BCUT2D eigenvalue weighted by Gasteiger charge is -2.39. The van der Waals surface area contributed by atoms with Gasteiger partial charge in [0.2, 0.25) is 5.82 Å². The molecule has 1 aromatic heterocycles. The van der Waals surface area contributed by atoms with Crippen LogP contribution >= 0.6 is 0 Å². The summed E-state index contributed by atoms with van der Waals surface area (Å²) in [6.07, 6.45) is 3.65. The predicted octanol–water partition coefficient (Wildman–Crippen LogP) is 2.53. The van der Waals surface area contributed by atoms with Gasteiger partial charge in [-0.1, -0.05) is 19.6 Å². The normalized spacial score (nSPS) is 23.4. The maximum absolute atomic E-state index is 12.8. The second-order valence-electron chi connectivity index (χ2n) is 10.6. The lowest BCUT2D eigenvalue weighted by atomic mass is 9.81. The third-order valence-electron chi connectivity index (χ3n) is 6.80. The first kappa shape index (κ1) is 23.5. The van der Waals surface area contributed by atoms with Crippen LogP contribution in [-0.4, -0.2) is 81.1 Å². The van der Waals surface area contributed by atoms with E-state index >= 15 is 0 Å². The topological polar surface area (TPSA) is 113 Å². The summed E-state index contributed by atoms with van der Waals surface area (Å²) in [6.45, 7) is 8.87. The average molecular weight is 493 g/mol. The Morgan fingerprint density at radius 3 is 2.56 bits per heavy atom. The Morgan fingerprint density at radius 1 is 1.12 bits per heavy atom. The molecule has 0 unspecified atom stereocenters. The van der Waals surface area contributed by atoms with Crippen molar-refractivity contribution in [1.29, 1.82) is 0 Å². The van der Waals surface area contributed by atoms with Crippen molar-refractivity contribution in [2.75, 3.05) is 49.5 Å². The Labute approximate surface area is 199 Å². The molecular formula is C22H32N4O7Si. The molecule has 0 radical (unpaired) electrons. The Hall–Kier alpha value is -2.28. The summed E-state index contributed by atoms with van der Waals surface area (Å²) < 4.78 is 28.7. The third-order valence-corrected chi connectivity index (χ3v) is 8.50. The number of hydrogen-bond donors (Lipinski definition) is 0. The Bertz CT molecular complexity index is 953. The highest BCUT2D eigenvalue weighted by Gasteiger charge is 2.53. The second kappa shape index (κ2) is 8.74. The molecule has 5 rings (SSSR count). The number of carbonyl (C=O) groups excluding carboxylic acids is 2. The summed E-state index contributed by atoms with van der Waals surface area (Å²) in [6, 6.07) is 0.989. The van der Waals surface area contributed by atoms with E-state index in [1.807, 2.05) is 0 Å². The molecule has 0 bridgehead atoms. The van der Waals surface area contributed by atoms with Gasteiger partial charge in [-0.3, -0.25) is 14.6 Å². The monoisotopic (exact) mass is 492 g/mol. The van der Waals surface area contributed by atoms with E-state index in [1.54, 1.807) is 0 Å². The van der Waals surface area contributed by atoms with Crippen molar-refractivity contribution in [2.45, 2.75) is 62.8 Å². The molecule has 3 aliphatic heterocycles. The number of carbonyl (C=O) groups is 2. The lowest BCUT2D eigenvalue weighted by molar-refractivity contribution is -0.197. The van der Waals surface area contributed by atoms with E-state index in [4.69, 9.17) is 23.7 Å². The zero-order chi connectivity index (χ0) is 24.0. The first-order chi connectivity index (χ1) is 16.2. The van der Waals surface area contributed by atoms with E-state index in [2.05, 4.69) is 29.6 Å². The van der Waals surface area contributed by atoms with Crippen LogP contribution in [0.2, 0.25) is 25.7 Å². The first-order valence-electron chi connectivity index (χ1n) is 11.8. The van der Waals surface area contributed by atoms with E-state index in [0.717, 1.165) is 6.04 Å². The standard InChI is InChI=1S/C22H32N4O7Si/c1-34(2,3)11-10-29-15-26-17(27)13-30-19-18(26)24-16(12-23-19)25-14-21(33-20(25)28)4-6-22(7-5-21)31-8-9-32-22/h12H,4-11,13-15H2,1-3H3. The van der Waals surface area contributed by atoms with E-state index in [0.29, 0.717) is 57.9 Å². The van der Waals surface area contributed by atoms with Gasteiger partial charge in [-0.15, -0.1) is 0 Å². The highest BCUT2D eigenvalue weighted by Crippen LogP contribution is 2.45. The van der Waals surface area contributed by atoms with Gasteiger partial charge in [-0.05, 0) is 18.9 Å². The summed E-state index contributed by atoms with van der Waals surface area (Å²) in [5.41, 5.74) is -0.610. The largest absolute Gasteiger partial charge is 0.465 e. The summed E-state index contributed by atoms with van der Waals surface area (Å²) in [5.74, 6) is 0.0198. The van der Waals surface area contributed by atoms with Crippen LogP contribution in [0.25, 0.3) is 0 Å². The zero-order valence-corrected chi connectivity index (χ0v) is 21.0. The Kier molecular flexibility index (Phi) is 6.03. The molecule has 2 amide bonds. The number of fused-ring (bicyclic) bond motifs is 1. The van der Waals surface area contributed by atoms with Crippen LogP contribution < -0.4 is 14.5 Å². The molecule has 11 nitrogen and oxygen atoms in total. The quantitative estimate of drug-likeness (QED) is 0.437. The van der Waals surface area contributed by atoms with Crippen molar-refractivity contribution in [3.63, 3.8) is 0 Å².